The predicted octanol–water partition coefficient (Wildman–Crippen LogP) is 1.36. The van der Waals surface area contributed by atoms with Crippen molar-refractivity contribution in [3.05, 3.63) is 29.8 Å². The molecule has 17 heavy (non-hydrogen) atoms. The third kappa shape index (κ3) is 3.70. The van der Waals surface area contributed by atoms with E-state index in [4.69, 9.17) is 14.2 Å². The second-order valence-corrected chi connectivity index (χ2v) is 4.12. The highest BCUT2D eigenvalue weighted by Gasteiger charge is 2.20. The van der Waals surface area contributed by atoms with Crippen LogP contribution in [0.1, 0.15) is 12.0 Å². The number of aliphatic hydroxyl groups excluding tert-OH is 1. The van der Waals surface area contributed by atoms with Crippen LogP contribution in [0.15, 0.2) is 24.3 Å². The second-order valence-electron chi connectivity index (χ2n) is 4.12. The van der Waals surface area contributed by atoms with Crippen molar-refractivity contribution in [3.63, 3.8) is 0 Å². The Kier molecular flexibility index (Phi) is 4.36. The van der Waals surface area contributed by atoms with Gasteiger partial charge in [0.15, 0.2) is 6.29 Å². The van der Waals surface area contributed by atoms with Gasteiger partial charge in [0.05, 0.1) is 26.4 Å². The van der Waals surface area contributed by atoms with E-state index < -0.39 is 6.10 Å². The summed E-state index contributed by atoms with van der Waals surface area (Å²) in [5, 5.41) is 9.93. The van der Waals surface area contributed by atoms with Gasteiger partial charge in [-0.3, -0.25) is 0 Å². The Balaban J connectivity index is 1.85. The number of rotatable bonds is 5. The molecule has 1 aliphatic heterocycles. The zero-order valence-electron chi connectivity index (χ0n) is 9.96. The van der Waals surface area contributed by atoms with Gasteiger partial charge in [-0.25, -0.2) is 0 Å². The largest absolute Gasteiger partial charge is 0.497 e. The summed E-state index contributed by atoms with van der Waals surface area (Å²) in [5.74, 6) is 0.808. The Bertz CT molecular complexity index is 347. The van der Waals surface area contributed by atoms with Crippen LogP contribution in [-0.2, 0) is 15.9 Å². The van der Waals surface area contributed by atoms with Crippen molar-refractivity contribution in [1.82, 2.24) is 0 Å². The van der Waals surface area contributed by atoms with E-state index in [0.717, 1.165) is 11.3 Å². The maximum Gasteiger partial charge on any atom is 0.160 e. The first-order valence-corrected chi connectivity index (χ1v) is 5.82. The molecule has 0 amide bonds. The lowest BCUT2D eigenvalue weighted by Gasteiger charge is -2.15. The molecule has 94 valence electrons. The van der Waals surface area contributed by atoms with Gasteiger partial charge >= 0.3 is 0 Å². The zero-order valence-corrected chi connectivity index (χ0v) is 9.96. The average molecular weight is 238 g/mol. The fourth-order valence-corrected chi connectivity index (χ4v) is 1.92. The van der Waals surface area contributed by atoms with Gasteiger partial charge in [-0.1, -0.05) is 12.1 Å². The van der Waals surface area contributed by atoms with Crippen molar-refractivity contribution < 1.29 is 19.3 Å². The van der Waals surface area contributed by atoms with Crippen molar-refractivity contribution in [2.45, 2.75) is 25.2 Å². The van der Waals surface area contributed by atoms with Crippen molar-refractivity contribution in [3.8, 4) is 5.75 Å². The van der Waals surface area contributed by atoms with Crippen LogP contribution in [-0.4, -0.2) is 37.8 Å². The summed E-state index contributed by atoms with van der Waals surface area (Å²) in [7, 11) is 1.63. The number of ether oxygens (including phenoxy) is 3. The normalized spacial score (nSPS) is 18.2. The third-order valence-corrected chi connectivity index (χ3v) is 2.76. The molecule has 0 spiro atoms. The zero-order chi connectivity index (χ0) is 12.1. The van der Waals surface area contributed by atoms with Crippen LogP contribution in [0.25, 0.3) is 0 Å². The van der Waals surface area contributed by atoms with Gasteiger partial charge in [0.25, 0.3) is 0 Å². The molecule has 0 saturated carbocycles. The Labute approximate surface area is 101 Å². The Hall–Kier alpha value is -1.10. The molecule has 4 heteroatoms. The van der Waals surface area contributed by atoms with Gasteiger partial charge in [0.1, 0.15) is 5.75 Å². The third-order valence-electron chi connectivity index (χ3n) is 2.76. The minimum absolute atomic E-state index is 0.254. The highest BCUT2D eigenvalue weighted by molar-refractivity contribution is 5.28. The summed E-state index contributed by atoms with van der Waals surface area (Å²) in [4.78, 5) is 0. The summed E-state index contributed by atoms with van der Waals surface area (Å²) in [6, 6.07) is 7.71. The quantitative estimate of drug-likeness (QED) is 0.841. The van der Waals surface area contributed by atoms with Gasteiger partial charge in [0.2, 0.25) is 0 Å². The molecule has 0 bridgehead atoms. The molecule has 1 aliphatic rings. The average Bonchev–Trinajstić information content (AvgIpc) is 2.82. The smallest absolute Gasteiger partial charge is 0.160 e. The minimum atomic E-state index is -0.454. The monoisotopic (exact) mass is 238 g/mol. The molecular weight excluding hydrogens is 220 g/mol. The van der Waals surface area contributed by atoms with Gasteiger partial charge in [-0.2, -0.15) is 0 Å². The maximum absolute atomic E-state index is 9.93. The molecule has 0 radical (unpaired) electrons. The number of benzene rings is 1. The molecule has 1 saturated heterocycles. The Morgan fingerprint density at radius 2 is 2.18 bits per heavy atom. The van der Waals surface area contributed by atoms with E-state index >= 15 is 0 Å². The lowest BCUT2D eigenvalue weighted by atomic mass is 10.1. The van der Waals surface area contributed by atoms with E-state index in [1.807, 2.05) is 24.3 Å². The van der Waals surface area contributed by atoms with Crippen LogP contribution in [0, 0.1) is 0 Å². The van der Waals surface area contributed by atoms with Crippen molar-refractivity contribution >= 4 is 0 Å². The molecule has 2 rings (SSSR count). The van der Waals surface area contributed by atoms with E-state index in [1.54, 1.807) is 7.11 Å². The first-order valence-electron chi connectivity index (χ1n) is 5.82. The first kappa shape index (κ1) is 12.4. The number of hydrogen-bond donors (Lipinski definition) is 1. The Morgan fingerprint density at radius 3 is 2.88 bits per heavy atom. The molecule has 0 aliphatic carbocycles. The topological polar surface area (TPSA) is 47.9 Å². The van der Waals surface area contributed by atoms with Crippen LogP contribution < -0.4 is 4.74 Å². The summed E-state index contributed by atoms with van der Waals surface area (Å²) in [6.07, 6.45) is 0.387. The molecule has 1 unspecified atom stereocenters. The van der Waals surface area contributed by atoms with E-state index in [0.29, 0.717) is 26.1 Å². The predicted molar refractivity (Wildman–Crippen MR) is 63.0 cm³/mol. The standard InChI is InChI=1S/C13H18O4/c1-15-12-4-2-3-10(8-12)7-11(14)9-13-16-5-6-17-13/h2-4,8,11,13-14H,5-7,9H2,1H3. The van der Waals surface area contributed by atoms with E-state index in [9.17, 15) is 5.11 Å². The van der Waals surface area contributed by atoms with Crippen molar-refractivity contribution in [1.29, 1.82) is 0 Å². The maximum atomic E-state index is 9.93. The molecule has 1 heterocycles. The first-order chi connectivity index (χ1) is 8.28. The van der Waals surface area contributed by atoms with Crippen molar-refractivity contribution in [2.75, 3.05) is 20.3 Å². The second kappa shape index (κ2) is 6.00. The number of hydrogen-bond acceptors (Lipinski definition) is 4. The molecular formula is C13H18O4. The summed E-state index contributed by atoms with van der Waals surface area (Å²) in [6.45, 7) is 1.24. The lowest BCUT2D eigenvalue weighted by Crippen LogP contribution is -2.20. The van der Waals surface area contributed by atoms with Crippen molar-refractivity contribution in [2.24, 2.45) is 0 Å². The molecule has 1 aromatic carbocycles. The van der Waals surface area contributed by atoms with Crippen LogP contribution >= 0.6 is 0 Å². The highest BCUT2D eigenvalue weighted by atomic mass is 16.7. The summed E-state index contributed by atoms with van der Waals surface area (Å²) in [5.41, 5.74) is 1.05. The Morgan fingerprint density at radius 1 is 1.41 bits per heavy atom. The van der Waals surface area contributed by atoms with Gasteiger partial charge in [-0.05, 0) is 24.1 Å². The van der Waals surface area contributed by atoms with Gasteiger partial charge in [0, 0.05) is 6.42 Å². The lowest BCUT2D eigenvalue weighted by molar-refractivity contribution is -0.0698. The molecule has 1 atom stereocenters. The molecule has 0 aromatic heterocycles. The van der Waals surface area contributed by atoms with E-state index in [2.05, 4.69) is 0 Å². The summed E-state index contributed by atoms with van der Waals surface area (Å²) >= 11 is 0. The fourth-order valence-electron chi connectivity index (χ4n) is 1.92. The molecule has 1 fully saturated rings. The number of methoxy groups -OCH3 is 1. The van der Waals surface area contributed by atoms with Crippen LogP contribution in [0.4, 0.5) is 0 Å². The minimum Gasteiger partial charge on any atom is -0.497 e. The van der Waals surface area contributed by atoms with Crippen LogP contribution in [0.2, 0.25) is 0 Å². The molecule has 1 N–H and O–H groups in total. The SMILES string of the molecule is COc1cccc(CC(O)CC2OCCO2)c1. The van der Waals surface area contributed by atoms with E-state index in [1.165, 1.54) is 0 Å². The molecule has 1 aromatic rings. The van der Waals surface area contributed by atoms with Crippen LogP contribution in [0.5, 0.6) is 5.75 Å². The molecule has 4 nitrogen and oxygen atoms in total. The fraction of sp³-hybridized carbons (Fsp3) is 0.538. The highest BCUT2D eigenvalue weighted by Crippen LogP contribution is 2.17. The summed E-state index contributed by atoms with van der Waals surface area (Å²) < 4.78 is 15.7. The van der Waals surface area contributed by atoms with E-state index in [-0.39, 0.29) is 6.29 Å². The number of aliphatic hydroxyl groups is 1. The van der Waals surface area contributed by atoms with Gasteiger partial charge < -0.3 is 19.3 Å². The van der Waals surface area contributed by atoms with Crippen LogP contribution in [0.3, 0.4) is 0 Å². The van der Waals surface area contributed by atoms with Gasteiger partial charge in [-0.15, -0.1) is 0 Å².